The summed E-state index contributed by atoms with van der Waals surface area (Å²) in [7, 11) is 0. The van der Waals surface area contributed by atoms with E-state index in [0.29, 0.717) is 5.02 Å². The Labute approximate surface area is 140 Å². The zero-order chi connectivity index (χ0) is 16.9. The minimum atomic E-state index is -1.08. The van der Waals surface area contributed by atoms with Crippen LogP contribution in [0.1, 0.15) is 27.2 Å². The molecule has 0 heterocycles. The van der Waals surface area contributed by atoms with Gasteiger partial charge in [-0.05, 0) is 31.0 Å². The Balaban J connectivity index is 2.63. The Hall–Kier alpha value is -1.30. The van der Waals surface area contributed by atoms with Crippen LogP contribution in [-0.2, 0) is 9.59 Å². The largest absolute Gasteiger partial charge is 0.388 e. The van der Waals surface area contributed by atoms with Crippen LogP contribution in [0.15, 0.2) is 18.2 Å². The summed E-state index contributed by atoms with van der Waals surface area (Å²) < 4.78 is 0. The van der Waals surface area contributed by atoms with Crippen molar-refractivity contribution in [3.63, 3.8) is 0 Å². The first kappa shape index (κ1) is 18.7. The van der Waals surface area contributed by atoms with E-state index in [2.05, 4.69) is 10.6 Å². The van der Waals surface area contributed by atoms with Gasteiger partial charge in [0.2, 0.25) is 0 Å². The number of benzene rings is 1. The summed E-state index contributed by atoms with van der Waals surface area (Å²) in [5, 5.41) is 15.7. The van der Waals surface area contributed by atoms with Crippen molar-refractivity contribution < 1.29 is 14.7 Å². The zero-order valence-electron chi connectivity index (χ0n) is 12.7. The third-order valence-corrected chi connectivity index (χ3v) is 4.23. The second-order valence-corrected chi connectivity index (χ2v) is 6.27. The molecule has 0 bridgehead atoms. The molecule has 0 radical (unpaired) electrons. The molecule has 1 aromatic rings. The van der Waals surface area contributed by atoms with Gasteiger partial charge in [-0.15, -0.1) is 0 Å². The summed E-state index contributed by atoms with van der Waals surface area (Å²) >= 11 is 11.7. The van der Waals surface area contributed by atoms with E-state index in [-0.39, 0.29) is 23.2 Å². The van der Waals surface area contributed by atoms with E-state index in [1.165, 1.54) is 12.1 Å². The van der Waals surface area contributed by atoms with Gasteiger partial charge >= 0.3 is 11.8 Å². The van der Waals surface area contributed by atoms with Crippen molar-refractivity contribution in [2.75, 3.05) is 11.9 Å². The number of hydrogen-bond donors (Lipinski definition) is 3. The fraction of sp³-hybridized carbons (Fsp3) is 0.467. The van der Waals surface area contributed by atoms with Crippen molar-refractivity contribution in [1.82, 2.24) is 5.32 Å². The maximum absolute atomic E-state index is 11.8. The summed E-state index contributed by atoms with van der Waals surface area (Å²) in [5.74, 6) is -1.73. The minimum Gasteiger partial charge on any atom is -0.388 e. The third kappa shape index (κ3) is 5.16. The molecule has 0 aromatic heterocycles. The van der Waals surface area contributed by atoms with Crippen LogP contribution in [0, 0.1) is 5.92 Å². The monoisotopic (exact) mass is 346 g/mol. The maximum atomic E-state index is 11.8. The lowest BCUT2D eigenvalue weighted by molar-refractivity contribution is -0.137. The van der Waals surface area contributed by atoms with Crippen LogP contribution in [0.4, 0.5) is 5.69 Å². The molecule has 0 spiro atoms. The number of aliphatic hydroxyl groups is 1. The number of halogens is 2. The zero-order valence-corrected chi connectivity index (χ0v) is 14.3. The first-order chi connectivity index (χ1) is 10.2. The Bertz CT molecular complexity index is 562. The lowest BCUT2D eigenvalue weighted by Crippen LogP contribution is -2.47. The van der Waals surface area contributed by atoms with E-state index >= 15 is 0 Å². The first-order valence-corrected chi connectivity index (χ1v) is 7.69. The van der Waals surface area contributed by atoms with Crippen LogP contribution in [-0.4, -0.2) is 29.1 Å². The lowest BCUT2D eigenvalue weighted by Gasteiger charge is -2.29. The van der Waals surface area contributed by atoms with Gasteiger partial charge in [0.05, 0.1) is 16.3 Å². The topological polar surface area (TPSA) is 78.4 Å². The highest BCUT2D eigenvalue weighted by Gasteiger charge is 2.28. The number of amides is 2. The molecule has 0 saturated carbocycles. The molecular formula is C15H20Cl2N2O3. The van der Waals surface area contributed by atoms with Crippen molar-refractivity contribution in [2.45, 2.75) is 32.8 Å². The molecule has 122 valence electrons. The highest BCUT2D eigenvalue weighted by molar-refractivity contribution is 6.42. The second kappa shape index (κ2) is 7.81. The average molecular weight is 347 g/mol. The molecule has 3 N–H and O–H groups in total. The number of carbonyl (C=O) groups is 2. The third-order valence-electron chi connectivity index (χ3n) is 3.66. The van der Waals surface area contributed by atoms with Gasteiger partial charge in [0.1, 0.15) is 0 Å². The SMILES string of the molecule is CCC(C)C(C)(O)CNC(=O)C(=O)Nc1cc(Cl)ccc1Cl. The van der Waals surface area contributed by atoms with E-state index in [1.807, 2.05) is 13.8 Å². The molecule has 1 rings (SSSR count). The van der Waals surface area contributed by atoms with E-state index in [1.54, 1.807) is 13.0 Å². The van der Waals surface area contributed by atoms with Crippen molar-refractivity contribution in [3.05, 3.63) is 28.2 Å². The van der Waals surface area contributed by atoms with Crippen molar-refractivity contribution in [3.8, 4) is 0 Å². The maximum Gasteiger partial charge on any atom is 0.313 e. The minimum absolute atomic E-state index is 0.0155. The molecule has 2 unspecified atom stereocenters. The molecule has 0 fully saturated rings. The average Bonchev–Trinajstić information content (AvgIpc) is 2.47. The summed E-state index contributed by atoms with van der Waals surface area (Å²) in [4.78, 5) is 23.6. The molecule has 5 nitrogen and oxygen atoms in total. The summed E-state index contributed by atoms with van der Waals surface area (Å²) in [5.41, 5.74) is -0.832. The van der Waals surface area contributed by atoms with E-state index in [4.69, 9.17) is 23.2 Å². The summed E-state index contributed by atoms with van der Waals surface area (Å²) in [6.45, 7) is 5.41. The molecular weight excluding hydrogens is 327 g/mol. The van der Waals surface area contributed by atoms with Crippen LogP contribution in [0.3, 0.4) is 0 Å². The van der Waals surface area contributed by atoms with Gasteiger partial charge in [0.25, 0.3) is 0 Å². The normalized spacial score (nSPS) is 14.8. The highest BCUT2D eigenvalue weighted by atomic mass is 35.5. The second-order valence-electron chi connectivity index (χ2n) is 5.43. The molecule has 2 amide bonds. The summed E-state index contributed by atoms with van der Waals surface area (Å²) in [6, 6.07) is 4.54. The van der Waals surface area contributed by atoms with Gasteiger partial charge < -0.3 is 15.7 Å². The van der Waals surface area contributed by atoms with Crippen LogP contribution in [0.25, 0.3) is 0 Å². The number of rotatable bonds is 5. The predicted octanol–water partition coefficient (Wildman–Crippen LogP) is 2.85. The standard InChI is InChI=1S/C15H20Cl2N2O3/c1-4-9(2)15(3,22)8-18-13(20)14(21)19-12-7-10(16)5-6-11(12)17/h5-7,9,22H,4,8H2,1-3H3,(H,18,20)(H,19,21). The van der Waals surface area contributed by atoms with Crippen molar-refractivity contribution >= 4 is 40.7 Å². The number of hydrogen-bond acceptors (Lipinski definition) is 3. The van der Waals surface area contributed by atoms with E-state index in [0.717, 1.165) is 6.42 Å². The van der Waals surface area contributed by atoms with Gasteiger partial charge in [-0.25, -0.2) is 0 Å². The molecule has 1 aromatic carbocycles. The molecule has 7 heteroatoms. The van der Waals surface area contributed by atoms with Crippen molar-refractivity contribution in [2.24, 2.45) is 5.92 Å². The number of nitrogens with one attached hydrogen (secondary N) is 2. The Morgan fingerprint density at radius 2 is 1.95 bits per heavy atom. The lowest BCUT2D eigenvalue weighted by atomic mass is 9.89. The molecule has 22 heavy (non-hydrogen) atoms. The summed E-state index contributed by atoms with van der Waals surface area (Å²) in [6.07, 6.45) is 0.757. The molecule has 0 aliphatic rings. The predicted molar refractivity (Wildman–Crippen MR) is 88.2 cm³/mol. The van der Waals surface area contributed by atoms with Crippen molar-refractivity contribution in [1.29, 1.82) is 0 Å². The smallest absolute Gasteiger partial charge is 0.313 e. The quantitative estimate of drug-likeness (QED) is 0.717. The van der Waals surface area contributed by atoms with Gasteiger partial charge in [0, 0.05) is 11.6 Å². The number of anilines is 1. The Morgan fingerprint density at radius 1 is 1.32 bits per heavy atom. The fourth-order valence-electron chi connectivity index (χ4n) is 1.73. The first-order valence-electron chi connectivity index (χ1n) is 6.94. The van der Waals surface area contributed by atoms with Crippen LogP contribution < -0.4 is 10.6 Å². The fourth-order valence-corrected chi connectivity index (χ4v) is 2.06. The van der Waals surface area contributed by atoms with E-state index < -0.39 is 17.4 Å². The Kier molecular flexibility index (Phi) is 6.66. The molecule has 0 aliphatic carbocycles. The van der Waals surface area contributed by atoms with Gasteiger partial charge in [-0.1, -0.05) is 43.5 Å². The molecule has 0 aliphatic heterocycles. The highest BCUT2D eigenvalue weighted by Crippen LogP contribution is 2.25. The molecule has 0 saturated heterocycles. The van der Waals surface area contributed by atoms with E-state index in [9.17, 15) is 14.7 Å². The number of carbonyl (C=O) groups excluding carboxylic acids is 2. The van der Waals surface area contributed by atoms with Crippen LogP contribution >= 0.6 is 23.2 Å². The van der Waals surface area contributed by atoms with Gasteiger partial charge in [-0.3, -0.25) is 9.59 Å². The van der Waals surface area contributed by atoms with Gasteiger partial charge in [0.15, 0.2) is 0 Å². The molecule has 2 atom stereocenters. The van der Waals surface area contributed by atoms with Crippen LogP contribution in [0.5, 0.6) is 0 Å². The van der Waals surface area contributed by atoms with Crippen LogP contribution in [0.2, 0.25) is 10.0 Å². The Morgan fingerprint density at radius 3 is 2.55 bits per heavy atom. The van der Waals surface area contributed by atoms with Gasteiger partial charge in [-0.2, -0.15) is 0 Å².